The van der Waals surface area contributed by atoms with E-state index in [0.717, 1.165) is 5.92 Å². The first-order valence-electron chi connectivity index (χ1n) is 7.39. The predicted octanol–water partition coefficient (Wildman–Crippen LogP) is 2.89. The van der Waals surface area contributed by atoms with Gasteiger partial charge in [-0.25, -0.2) is 0 Å². The molecule has 1 saturated heterocycles. The summed E-state index contributed by atoms with van der Waals surface area (Å²) >= 11 is 0. The molecule has 0 radical (unpaired) electrons. The minimum absolute atomic E-state index is 0.438. The van der Waals surface area contributed by atoms with Crippen molar-refractivity contribution in [1.29, 1.82) is 0 Å². The molecule has 0 aromatic carbocycles. The Morgan fingerprint density at radius 2 is 1.88 bits per heavy atom. The van der Waals surface area contributed by atoms with E-state index < -0.39 is 0 Å². The highest BCUT2D eigenvalue weighted by atomic mass is 15.2. The summed E-state index contributed by atoms with van der Waals surface area (Å²) in [7, 11) is 0. The van der Waals surface area contributed by atoms with Crippen molar-refractivity contribution in [3.05, 3.63) is 0 Å². The molecule has 1 aliphatic carbocycles. The number of piperazine rings is 1. The fourth-order valence-corrected chi connectivity index (χ4v) is 3.25. The first-order valence-corrected chi connectivity index (χ1v) is 7.39. The molecule has 0 amide bonds. The van der Waals surface area contributed by atoms with Crippen molar-refractivity contribution in [2.75, 3.05) is 26.2 Å². The molecule has 1 aliphatic heterocycles. The Morgan fingerprint density at radius 1 is 1.24 bits per heavy atom. The van der Waals surface area contributed by atoms with E-state index in [1.54, 1.807) is 0 Å². The van der Waals surface area contributed by atoms with Gasteiger partial charge in [-0.15, -0.1) is 0 Å². The van der Waals surface area contributed by atoms with Gasteiger partial charge in [0, 0.05) is 31.7 Å². The van der Waals surface area contributed by atoms with Crippen molar-refractivity contribution in [3.8, 4) is 0 Å². The smallest absolute Gasteiger partial charge is 0.0309 e. The predicted molar refractivity (Wildman–Crippen MR) is 74.3 cm³/mol. The lowest BCUT2D eigenvalue weighted by molar-refractivity contribution is 0.0937. The monoisotopic (exact) mass is 238 g/mol. The van der Waals surface area contributed by atoms with Crippen LogP contribution in [-0.4, -0.2) is 36.6 Å². The lowest BCUT2D eigenvalue weighted by atomic mass is 9.81. The number of nitrogens with zero attached hydrogens (tertiary/aromatic N) is 1. The largest absolute Gasteiger partial charge is 0.309 e. The highest BCUT2D eigenvalue weighted by Crippen LogP contribution is 2.33. The van der Waals surface area contributed by atoms with Crippen LogP contribution in [0.25, 0.3) is 0 Å². The van der Waals surface area contributed by atoms with E-state index >= 15 is 0 Å². The molecule has 2 rings (SSSR count). The quantitative estimate of drug-likeness (QED) is 0.796. The van der Waals surface area contributed by atoms with Gasteiger partial charge in [0.25, 0.3) is 0 Å². The summed E-state index contributed by atoms with van der Waals surface area (Å²) in [4.78, 5) is 2.71. The SMILES string of the molecule is CC(CN1CCNC2(CCCC2)C1)C(C)(C)C. The first-order chi connectivity index (χ1) is 7.91. The van der Waals surface area contributed by atoms with Crippen molar-refractivity contribution in [3.63, 3.8) is 0 Å². The summed E-state index contributed by atoms with van der Waals surface area (Å²) in [6.07, 6.45) is 5.64. The third kappa shape index (κ3) is 3.23. The van der Waals surface area contributed by atoms with E-state index in [1.807, 2.05) is 0 Å². The second kappa shape index (κ2) is 4.89. The summed E-state index contributed by atoms with van der Waals surface area (Å²) in [5.74, 6) is 0.777. The van der Waals surface area contributed by atoms with Crippen LogP contribution in [-0.2, 0) is 0 Å². The van der Waals surface area contributed by atoms with Gasteiger partial charge in [-0.2, -0.15) is 0 Å². The van der Waals surface area contributed by atoms with Crippen LogP contribution in [0, 0.1) is 11.3 Å². The summed E-state index contributed by atoms with van der Waals surface area (Å²) in [6, 6.07) is 0. The van der Waals surface area contributed by atoms with Gasteiger partial charge in [0.15, 0.2) is 0 Å². The second-order valence-electron chi connectivity index (χ2n) is 7.42. The fourth-order valence-electron chi connectivity index (χ4n) is 3.25. The molecule has 0 bridgehead atoms. The first kappa shape index (κ1) is 13.4. The minimum Gasteiger partial charge on any atom is -0.309 e. The molecule has 17 heavy (non-hydrogen) atoms. The zero-order chi connectivity index (χ0) is 12.5. The Kier molecular flexibility index (Phi) is 3.84. The number of hydrogen-bond donors (Lipinski definition) is 1. The lowest BCUT2D eigenvalue weighted by Gasteiger charge is -2.43. The van der Waals surface area contributed by atoms with Crippen LogP contribution < -0.4 is 5.32 Å². The van der Waals surface area contributed by atoms with Gasteiger partial charge in [-0.3, -0.25) is 4.90 Å². The molecular weight excluding hydrogens is 208 g/mol. The molecule has 2 heteroatoms. The maximum absolute atomic E-state index is 3.79. The van der Waals surface area contributed by atoms with E-state index in [4.69, 9.17) is 0 Å². The van der Waals surface area contributed by atoms with E-state index in [1.165, 1.54) is 51.9 Å². The normalized spacial score (nSPS) is 27.5. The average molecular weight is 238 g/mol. The highest BCUT2D eigenvalue weighted by Gasteiger charge is 2.38. The molecule has 1 heterocycles. The van der Waals surface area contributed by atoms with Gasteiger partial charge in [0.05, 0.1) is 0 Å². The van der Waals surface area contributed by atoms with Crippen LogP contribution in [0.15, 0.2) is 0 Å². The zero-order valence-corrected chi connectivity index (χ0v) is 12.2. The van der Waals surface area contributed by atoms with Gasteiger partial charge in [0.2, 0.25) is 0 Å². The molecule has 0 aromatic rings. The van der Waals surface area contributed by atoms with Crippen LogP contribution in [0.2, 0.25) is 0 Å². The Balaban J connectivity index is 1.89. The maximum atomic E-state index is 3.79. The maximum Gasteiger partial charge on any atom is 0.0309 e. The molecule has 1 N–H and O–H groups in total. The van der Waals surface area contributed by atoms with Crippen molar-refractivity contribution in [1.82, 2.24) is 10.2 Å². The Hall–Kier alpha value is -0.0800. The topological polar surface area (TPSA) is 15.3 Å². The van der Waals surface area contributed by atoms with Crippen LogP contribution in [0.4, 0.5) is 0 Å². The third-order valence-electron chi connectivity index (χ3n) is 5.03. The molecule has 1 unspecified atom stereocenters. The minimum atomic E-state index is 0.438. The molecule has 0 aromatic heterocycles. The summed E-state index contributed by atoms with van der Waals surface area (Å²) in [5, 5.41) is 3.79. The highest BCUT2D eigenvalue weighted by molar-refractivity contribution is 4.98. The molecule has 1 atom stereocenters. The second-order valence-corrected chi connectivity index (χ2v) is 7.42. The standard InChI is InChI=1S/C15H30N2/c1-13(14(2,3)4)11-17-10-9-16-15(12-17)7-5-6-8-15/h13,16H,5-12H2,1-4H3. The van der Waals surface area contributed by atoms with Crippen molar-refractivity contribution in [2.24, 2.45) is 11.3 Å². The van der Waals surface area contributed by atoms with Crippen LogP contribution in [0.5, 0.6) is 0 Å². The Bertz CT molecular complexity index is 248. The fraction of sp³-hybridized carbons (Fsp3) is 1.00. The van der Waals surface area contributed by atoms with Gasteiger partial charge in [-0.05, 0) is 24.2 Å². The van der Waals surface area contributed by atoms with E-state index in [2.05, 4.69) is 37.9 Å². The van der Waals surface area contributed by atoms with Crippen molar-refractivity contribution in [2.45, 2.75) is 58.9 Å². The van der Waals surface area contributed by atoms with Crippen LogP contribution >= 0.6 is 0 Å². The van der Waals surface area contributed by atoms with Crippen LogP contribution in [0.1, 0.15) is 53.4 Å². The van der Waals surface area contributed by atoms with Gasteiger partial charge >= 0.3 is 0 Å². The molecule has 100 valence electrons. The van der Waals surface area contributed by atoms with Gasteiger partial charge in [0.1, 0.15) is 0 Å². The summed E-state index contributed by atoms with van der Waals surface area (Å²) in [5.41, 5.74) is 0.920. The van der Waals surface area contributed by atoms with Crippen molar-refractivity contribution >= 4 is 0 Å². The van der Waals surface area contributed by atoms with Crippen LogP contribution in [0.3, 0.4) is 0 Å². The number of hydrogen-bond acceptors (Lipinski definition) is 2. The van der Waals surface area contributed by atoms with Gasteiger partial charge in [-0.1, -0.05) is 40.5 Å². The van der Waals surface area contributed by atoms with E-state index in [-0.39, 0.29) is 0 Å². The Labute approximate surface area is 107 Å². The summed E-state index contributed by atoms with van der Waals surface area (Å²) in [6.45, 7) is 14.5. The Morgan fingerprint density at radius 3 is 2.47 bits per heavy atom. The van der Waals surface area contributed by atoms with Crippen molar-refractivity contribution < 1.29 is 0 Å². The number of rotatable bonds is 2. The molecule has 1 saturated carbocycles. The van der Waals surface area contributed by atoms with Gasteiger partial charge < -0.3 is 5.32 Å². The molecule has 2 fully saturated rings. The lowest BCUT2D eigenvalue weighted by Crippen LogP contribution is -2.59. The zero-order valence-electron chi connectivity index (χ0n) is 12.2. The third-order valence-corrected chi connectivity index (χ3v) is 5.03. The van der Waals surface area contributed by atoms with E-state index in [0.29, 0.717) is 11.0 Å². The summed E-state index contributed by atoms with van der Waals surface area (Å²) < 4.78 is 0. The average Bonchev–Trinajstić information content (AvgIpc) is 2.65. The van der Waals surface area contributed by atoms with E-state index in [9.17, 15) is 0 Å². The number of nitrogens with one attached hydrogen (secondary N) is 1. The molecule has 2 nitrogen and oxygen atoms in total. The molecular formula is C15H30N2. The molecule has 1 spiro atoms. The molecule has 2 aliphatic rings.